The van der Waals surface area contributed by atoms with Crippen molar-refractivity contribution in [3.05, 3.63) is 42.0 Å². The van der Waals surface area contributed by atoms with Gasteiger partial charge in [-0.2, -0.15) is 0 Å². The minimum atomic E-state index is 1.05. The van der Waals surface area contributed by atoms with Gasteiger partial charge in [0.05, 0.1) is 0 Å². The average Bonchev–Trinajstić information content (AvgIpc) is 2.58. The van der Waals surface area contributed by atoms with Crippen LogP contribution in [-0.4, -0.2) is 13.1 Å². The van der Waals surface area contributed by atoms with Gasteiger partial charge in [0.15, 0.2) is 0 Å². The second-order valence-electron chi connectivity index (χ2n) is 3.39. The predicted molar refractivity (Wildman–Crippen MR) is 57.2 cm³/mol. The molecule has 0 amide bonds. The summed E-state index contributed by atoms with van der Waals surface area (Å²) in [7, 11) is 0. The molecule has 1 aromatic rings. The van der Waals surface area contributed by atoms with E-state index in [0.717, 1.165) is 6.54 Å². The van der Waals surface area contributed by atoms with Gasteiger partial charge in [-0.1, -0.05) is 30.4 Å². The fraction of sp³-hybridized carbons (Fsp3) is 0.333. The molecule has 1 aliphatic rings. The fourth-order valence-corrected chi connectivity index (χ4v) is 1.83. The number of benzene rings is 1. The second kappa shape index (κ2) is 3.65. The van der Waals surface area contributed by atoms with E-state index < -0.39 is 0 Å². The zero-order chi connectivity index (χ0) is 9.10. The molecular formula is C12H15N. The molecule has 0 aromatic heterocycles. The molecule has 0 radical (unpaired) electrons. The predicted octanol–water partition coefficient (Wildman–Crippen LogP) is 2.63. The molecular weight excluding hydrogens is 158 g/mol. The summed E-state index contributed by atoms with van der Waals surface area (Å²) in [6.45, 7) is 4.29. The third-order valence-corrected chi connectivity index (χ3v) is 2.54. The Kier molecular flexibility index (Phi) is 2.35. The number of hydrogen-bond donors (Lipinski definition) is 0. The van der Waals surface area contributed by atoms with Crippen molar-refractivity contribution in [2.75, 3.05) is 18.0 Å². The Hall–Kier alpha value is -1.24. The van der Waals surface area contributed by atoms with Crippen LogP contribution >= 0.6 is 0 Å². The van der Waals surface area contributed by atoms with Crippen LogP contribution in [0.3, 0.4) is 0 Å². The van der Waals surface area contributed by atoms with Gasteiger partial charge in [-0.25, -0.2) is 0 Å². The normalized spacial score (nSPS) is 15.3. The van der Waals surface area contributed by atoms with Gasteiger partial charge >= 0.3 is 0 Å². The van der Waals surface area contributed by atoms with Crippen LogP contribution in [0.2, 0.25) is 0 Å². The highest BCUT2D eigenvalue weighted by atomic mass is 15.1. The molecule has 68 valence electrons. The molecule has 1 aliphatic heterocycles. The Morgan fingerprint density at radius 3 is 3.08 bits per heavy atom. The van der Waals surface area contributed by atoms with Gasteiger partial charge in [-0.15, -0.1) is 0 Å². The minimum absolute atomic E-state index is 1.05. The van der Waals surface area contributed by atoms with E-state index in [2.05, 4.69) is 48.2 Å². The maximum absolute atomic E-state index is 2.43. The molecule has 2 rings (SSSR count). The SMILES string of the molecule is C/C=C/CN1CCc2ccccc21. The van der Waals surface area contributed by atoms with E-state index in [9.17, 15) is 0 Å². The lowest BCUT2D eigenvalue weighted by Gasteiger charge is -2.16. The Balaban J connectivity index is 2.18. The molecule has 1 aromatic carbocycles. The lowest BCUT2D eigenvalue weighted by Crippen LogP contribution is -2.19. The molecule has 0 spiro atoms. The van der Waals surface area contributed by atoms with Crippen molar-refractivity contribution in [1.29, 1.82) is 0 Å². The van der Waals surface area contributed by atoms with E-state index >= 15 is 0 Å². The maximum atomic E-state index is 2.43. The van der Waals surface area contributed by atoms with Gasteiger partial charge < -0.3 is 4.90 Å². The van der Waals surface area contributed by atoms with Crippen molar-refractivity contribution in [2.24, 2.45) is 0 Å². The van der Waals surface area contributed by atoms with Crippen LogP contribution in [0.1, 0.15) is 12.5 Å². The van der Waals surface area contributed by atoms with Gasteiger partial charge in [0.1, 0.15) is 0 Å². The van der Waals surface area contributed by atoms with Crippen LogP contribution in [0.25, 0.3) is 0 Å². The number of nitrogens with zero attached hydrogens (tertiary/aromatic N) is 1. The Morgan fingerprint density at radius 2 is 2.23 bits per heavy atom. The molecule has 0 atom stereocenters. The Morgan fingerprint density at radius 1 is 1.38 bits per heavy atom. The van der Waals surface area contributed by atoms with Crippen molar-refractivity contribution in [3.8, 4) is 0 Å². The third kappa shape index (κ3) is 1.59. The van der Waals surface area contributed by atoms with Gasteiger partial charge in [-0.05, 0) is 25.0 Å². The molecule has 0 saturated heterocycles. The smallest absolute Gasteiger partial charge is 0.0402 e. The molecule has 1 nitrogen and oxygen atoms in total. The number of para-hydroxylation sites is 1. The second-order valence-corrected chi connectivity index (χ2v) is 3.39. The zero-order valence-electron chi connectivity index (χ0n) is 8.03. The van der Waals surface area contributed by atoms with Crippen LogP contribution in [0.5, 0.6) is 0 Å². The number of allylic oxidation sites excluding steroid dienone is 1. The number of rotatable bonds is 2. The van der Waals surface area contributed by atoms with E-state index in [0.29, 0.717) is 0 Å². The minimum Gasteiger partial charge on any atom is -0.367 e. The van der Waals surface area contributed by atoms with E-state index in [1.54, 1.807) is 0 Å². The van der Waals surface area contributed by atoms with E-state index in [-0.39, 0.29) is 0 Å². The molecule has 0 N–H and O–H groups in total. The first kappa shape index (κ1) is 8.36. The van der Waals surface area contributed by atoms with Crippen LogP contribution < -0.4 is 4.90 Å². The van der Waals surface area contributed by atoms with Gasteiger partial charge in [0.2, 0.25) is 0 Å². The van der Waals surface area contributed by atoms with Crippen molar-refractivity contribution < 1.29 is 0 Å². The zero-order valence-corrected chi connectivity index (χ0v) is 8.03. The summed E-state index contributed by atoms with van der Waals surface area (Å²) in [5.41, 5.74) is 2.91. The highest BCUT2D eigenvalue weighted by Gasteiger charge is 2.16. The highest BCUT2D eigenvalue weighted by Crippen LogP contribution is 2.26. The first-order valence-corrected chi connectivity index (χ1v) is 4.86. The monoisotopic (exact) mass is 173 g/mol. The maximum Gasteiger partial charge on any atom is 0.0402 e. The summed E-state index contributed by atoms with van der Waals surface area (Å²) in [4.78, 5) is 2.43. The summed E-state index contributed by atoms with van der Waals surface area (Å²) in [5, 5.41) is 0. The summed E-state index contributed by atoms with van der Waals surface area (Å²) in [6, 6.07) is 8.68. The Labute approximate surface area is 79.7 Å². The standard InChI is InChI=1S/C12H15N/c1-2-3-9-13-10-8-11-6-4-5-7-12(11)13/h2-7H,8-10H2,1H3/b3-2+. The number of hydrogen-bond acceptors (Lipinski definition) is 1. The fourth-order valence-electron chi connectivity index (χ4n) is 1.83. The van der Waals surface area contributed by atoms with Crippen LogP contribution in [0.15, 0.2) is 36.4 Å². The lowest BCUT2D eigenvalue weighted by molar-refractivity contribution is 0.903. The van der Waals surface area contributed by atoms with Gasteiger partial charge in [-0.3, -0.25) is 0 Å². The molecule has 0 unspecified atom stereocenters. The summed E-state index contributed by atoms with van der Waals surface area (Å²) in [6.07, 6.45) is 5.52. The van der Waals surface area contributed by atoms with Crippen molar-refractivity contribution >= 4 is 5.69 Å². The van der Waals surface area contributed by atoms with Gasteiger partial charge in [0.25, 0.3) is 0 Å². The van der Waals surface area contributed by atoms with Crippen molar-refractivity contribution in [3.63, 3.8) is 0 Å². The first-order valence-electron chi connectivity index (χ1n) is 4.86. The van der Waals surface area contributed by atoms with Crippen LogP contribution in [0.4, 0.5) is 5.69 Å². The quantitative estimate of drug-likeness (QED) is 0.621. The summed E-state index contributed by atoms with van der Waals surface area (Å²) < 4.78 is 0. The molecule has 1 heterocycles. The molecule has 0 saturated carbocycles. The third-order valence-electron chi connectivity index (χ3n) is 2.54. The topological polar surface area (TPSA) is 3.24 Å². The van der Waals surface area contributed by atoms with Crippen LogP contribution in [0, 0.1) is 0 Å². The lowest BCUT2D eigenvalue weighted by atomic mass is 10.2. The first-order chi connectivity index (χ1) is 6.42. The molecule has 0 fully saturated rings. The summed E-state index contributed by atoms with van der Waals surface area (Å²) in [5.74, 6) is 0. The largest absolute Gasteiger partial charge is 0.367 e. The van der Waals surface area contributed by atoms with Crippen molar-refractivity contribution in [1.82, 2.24) is 0 Å². The van der Waals surface area contributed by atoms with E-state index in [1.807, 2.05) is 0 Å². The average molecular weight is 173 g/mol. The molecule has 0 bridgehead atoms. The van der Waals surface area contributed by atoms with Crippen LogP contribution in [-0.2, 0) is 6.42 Å². The van der Waals surface area contributed by atoms with Gasteiger partial charge in [0, 0.05) is 18.8 Å². The number of anilines is 1. The highest BCUT2D eigenvalue weighted by molar-refractivity contribution is 5.58. The number of fused-ring (bicyclic) bond motifs is 1. The van der Waals surface area contributed by atoms with Crippen molar-refractivity contribution in [2.45, 2.75) is 13.3 Å². The Bertz CT molecular complexity index is 315. The van der Waals surface area contributed by atoms with E-state index in [4.69, 9.17) is 0 Å². The van der Waals surface area contributed by atoms with E-state index in [1.165, 1.54) is 24.2 Å². The summed E-state index contributed by atoms with van der Waals surface area (Å²) >= 11 is 0. The molecule has 13 heavy (non-hydrogen) atoms. The molecule has 1 heteroatoms. The molecule has 0 aliphatic carbocycles.